The molecule has 0 saturated carbocycles. The van der Waals surface area contributed by atoms with Gasteiger partial charge in [-0.15, -0.1) is 0 Å². The molecule has 2 aliphatic rings. The first-order valence-electron chi connectivity index (χ1n) is 9.27. The normalized spacial score (nSPS) is 24.1. The maximum atomic E-state index is 12.8. The van der Waals surface area contributed by atoms with Crippen molar-refractivity contribution in [3.63, 3.8) is 0 Å². The summed E-state index contributed by atoms with van der Waals surface area (Å²) in [4.78, 5) is 2.29. The molecule has 0 radical (unpaired) electrons. The van der Waals surface area contributed by atoms with Crippen molar-refractivity contribution in [1.82, 2.24) is 4.72 Å². The van der Waals surface area contributed by atoms with Crippen molar-refractivity contribution in [3.05, 3.63) is 54.1 Å². The van der Waals surface area contributed by atoms with Gasteiger partial charge in [0.1, 0.15) is 17.3 Å². The van der Waals surface area contributed by atoms with Crippen LogP contribution >= 0.6 is 0 Å². The van der Waals surface area contributed by atoms with Crippen molar-refractivity contribution in [3.8, 4) is 5.75 Å². The number of benzene rings is 2. The van der Waals surface area contributed by atoms with E-state index >= 15 is 0 Å². The fourth-order valence-corrected chi connectivity index (χ4v) is 5.23. The number of fused-ring (bicyclic) bond motifs is 1. The Balaban J connectivity index is 1.59. The highest BCUT2D eigenvalue weighted by Crippen LogP contribution is 2.34. The van der Waals surface area contributed by atoms with Crippen LogP contribution in [0.15, 0.2) is 53.4 Å². The molecular formula is C20H24N2O4S. The van der Waals surface area contributed by atoms with E-state index in [0.717, 1.165) is 30.6 Å². The van der Waals surface area contributed by atoms with Gasteiger partial charge in [-0.2, -0.15) is 0 Å². The summed E-state index contributed by atoms with van der Waals surface area (Å²) in [6, 6.07) is 14.7. The zero-order valence-electron chi connectivity index (χ0n) is 15.0. The molecule has 0 spiro atoms. The van der Waals surface area contributed by atoms with Gasteiger partial charge in [0.25, 0.3) is 0 Å². The van der Waals surface area contributed by atoms with Gasteiger partial charge in [0.2, 0.25) is 10.0 Å². The van der Waals surface area contributed by atoms with Gasteiger partial charge in [-0.05, 0) is 37.0 Å². The number of aliphatic hydroxyl groups excluding tert-OH is 1. The lowest BCUT2D eigenvalue weighted by atomic mass is 10.1. The van der Waals surface area contributed by atoms with E-state index in [4.69, 9.17) is 4.74 Å². The number of anilines is 1. The van der Waals surface area contributed by atoms with Gasteiger partial charge < -0.3 is 14.7 Å². The molecule has 7 heteroatoms. The summed E-state index contributed by atoms with van der Waals surface area (Å²) in [5.74, 6) is 0.374. The third kappa shape index (κ3) is 3.81. The minimum absolute atomic E-state index is 0.0781. The summed E-state index contributed by atoms with van der Waals surface area (Å²) >= 11 is 0. The summed E-state index contributed by atoms with van der Waals surface area (Å²) in [6.07, 6.45) is 2.52. The Morgan fingerprint density at radius 1 is 1.19 bits per heavy atom. The van der Waals surface area contributed by atoms with Crippen LogP contribution in [0.3, 0.4) is 0 Å². The van der Waals surface area contributed by atoms with Crippen LogP contribution in [0.1, 0.15) is 18.4 Å². The molecule has 2 aliphatic heterocycles. The molecule has 0 aromatic heterocycles. The van der Waals surface area contributed by atoms with E-state index in [1.54, 1.807) is 18.2 Å². The average Bonchev–Trinajstić information content (AvgIpc) is 3.10. The summed E-state index contributed by atoms with van der Waals surface area (Å²) in [5, 5.41) is 9.56. The van der Waals surface area contributed by atoms with Crippen molar-refractivity contribution in [2.75, 3.05) is 24.7 Å². The minimum atomic E-state index is -3.65. The first kappa shape index (κ1) is 18.3. The van der Waals surface area contributed by atoms with E-state index in [1.165, 1.54) is 0 Å². The van der Waals surface area contributed by atoms with Crippen LogP contribution in [-0.4, -0.2) is 45.4 Å². The lowest BCUT2D eigenvalue weighted by molar-refractivity contribution is 0.266. The summed E-state index contributed by atoms with van der Waals surface area (Å²) in [6.45, 7) is 1.22. The van der Waals surface area contributed by atoms with Crippen LogP contribution in [-0.2, 0) is 16.4 Å². The maximum absolute atomic E-state index is 12.8. The molecule has 0 amide bonds. The molecule has 2 aromatic carbocycles. The summed E-state index contributed by atoms with van der Waals surface area (Å²) in [5.41, 5.74) is 1.95. The third-order valence-corrected chi connectivity index (χ3v) is 6.78. The summed E-state index contributed by atoms with van der Waals surface area (Å²) in [7, 11) is -3.65. The van der Waals surface area contributed by atoms with Gasteiger partial charge in [-0.3, -0.25) is 0 Å². The number of rotatable bonds is 4. The van der Waals surface area contributed by atoms with Gasteiger partial charge in [0.15, 0.2) is 0 Å². The predicted molar refractivity (Wildman–Crippen MR) is 104 cm³/mol. The lowest BCUT2D eigenvalue weighted by Crippen LogP contribution is -2.38. The molecular weight excluding hydrogens is 364 g/mol. The Morgan fingerprint density at radius 2 is 2.00 bits per heavy atom. The van der Waals surface area contributed by atoms with Crippen LogP contribution in [0, 0.1) is 0 Å². The zero-order valence-corrected chi connectivity index (χ0v) is 15.9. The molecule has 2 atom stereocenters. The Kier molecular flexibility index (Phi) is 5.08. The Labute approximate surface area is 159 Å². The SMILES string of the molecule is O=S1(=O)N[C@@H](Cc2ccccc2)COc2cc(N3CCC[C@H]3CO)ccc21. The molecule has 2 aromatic rings. The number of nitrogens with zero attached hydrogens (tertiary/aromatic N) is 1. The average molecular weight is 388 g/mol. The van der Waals surface area contributed by atoms with Gasteiger partial charge in [-0.25, -0.2) is 13.1 Å². The molecule has 27 heavy (non-hydrogen) atoms. The highest BCUT2D eigenvalue weighted by atomic mass is 32.2. The highest BCUT2D eigenvalue weighted by Gasteiger charge is 2.30. The maximum Gasteiger partial charge on any atom is 0.244 e. The van der Waals surface area contributed by atoms with Crippen LogP contribution in [0.5, 0.6) is 5.75 Å². The summed E-state index contributed by atoms with van der Waals surface area (Å²) < 4.78 is 34.3. The van der Waals surface area contributed by atoms with Crippen LogP contribution in [0.4, 0.5) is 5.69 Å². The molecule has 2 N–H and O–H groups in total. The lowest BCUT2D eigenvalue weighted by Gasteiger charge is -2.26. The second-order valence-corrected chi connectivity index (χ2v) is 8.80. The Morgan fingerprint density at radius 3 is 2.78 bits per heavy atom. The number of ether oxygens (including phenoxy) is 1. The topological polar surface area (TPSA) is 78.9 Å². The van der Waals surface area contributed by atoms with Gasteiger partial charge >= 0.3 is 0 Å². The standard InChI is InChI=1S/C20H24N2O4S/c23-13-18-7-4-10-22(18)17-8-9-20-19(12-17)26-14-16(21-27(20,24)25)11-15-5-2-1-3-6-15/h1-3,5-6,8-9,12,16,18,21,23H,4,7,10-11,13-14H2/t16-,18-/m0/s1. The highest BCUT2D eigenvalue weighted by molar-refractivity contribution is 7.89. The van der Waals surface area contributed by atoms with E-state index in [9.17, 15) is 13.5 Å². The molecule has 0 bridgehead atoms. The van der Waals surface area contributed by atoms with E-state index in [-0.39, 0.29) is 30.2 Å². The van der Waals surface area contributed by atoms with Gasteiger partial charge in [-0.1, -0.05) is 30.3 Å². The third-order valence-electron chi connectivity index (χ3n) is 5.22. The van der Waals surface area contributed by atoms with Crippen LogP contribution in [0.2, 0.25) is 0 Å². The second-order valence-electron chi connectivity index (χ2n) is 7.12. The van der Waals surface area contributed by atoms with Crippen molar-refractivity contribution in [1.29, 1.82) is 0 Å². The smallest absolute Gasteiger partial charge is 0.244 e. The number of sulfonamides is 1. The number of hydrogen-bond donors (Lipinski definition) is 2. The molecule has 0 unspecified atom stereocenters. The van der Waals surface area contributed by atoms with E-state index < -0.39 is 10.0 Å². The molecule has 1 fully saturated rings. The van der Waals surface area contributed by atoms with Crippen LogP contribution < -0.4 is 14.4 Å². The van der Waals surface area contributed by atoms with Gasteiger partial charge in [0, 0.05) is 18.3 Å². The first-order valence-corrected chi connectivity index (χ1v) is 10.8. The van der Waals surface area contributed by atoms with Crippen molar-refractivity contribution in [2.24, 2.45) is 0 Å². The molecule has 144 valence electrons. The zero-order chi connectivity index (χ0) is 18.9. The quantitative estimate of drug-likeness (QED) is 0.837. The Hall–Kier alpha value is -2.09. The fourth-order valence-electron chi connectivity index (χ4n) is 3.88. The molecule has 1 saturated heterocycles. The fraction of sp³-hybridized carbons (Fsp3) is 0.400. The molecule has 2 heterocycles. The first-order chi connectivity index (χ1) is 13.1. The van der Waals surface area contributed by atoms with E-state index in [1.807, 2.05) is 30.3 Å². The molecule has 4 rings (SSSR count). The monoisotopic (exact) mass is 388 g/mol. The largest absolute Gasteiger partial charge is 0.490 e. The van der Waals surface area contributed by atoms with E-state index in [0.29, 0.717) is 12.2 Å². The molecule has 6 nitrogen and oxygen atoms in total. The van der Waals surface area contributed by atoms with Crippen molar-refractivity contribution >= 4 is 15.7 Å². The second kappa shape index (κ2) is 7.50. The predicted octanol–water partition coefficient (Wildman–Crippen LogP) is 1.93. The van der Waals surface area contributed by atoms with E-state index in [2.05, 4.69) is 9.62 Å². The van der Waals surface area contributed by atoms with Crippen molar-refractivity contribution in [2.45, 2.75) is 36.2 Å². The number of aliphatic hydroxyl groups is 1. The van der Waals surface area contributed by atoms with Crippen molar-refractivity contribution < 1.29 is 18.3 Å². The van der Waals surface area contributed by atoms with Gasteiger partial charge in [0.05, 0.1) is 18.7 Å². The Bertz CT molecular complexity index is 901. The van der Waals surface area contributed by atoms with Crippen LogP contribution in [0.25, 0.3) is 0 Å². The number of hydrogen-bond acceptors (Lipinski definition) is 5. The molecule has 0 aliphatic carbocycles. The number of nitrogens with one attached hydrogen (secondary N) is 1. The minimum Gasteiger partial charge on any atom is -0.490 e.